The van der Waals surface area contributed by atoms with Crippen molar-refractivity contribution in [3.8, 4) is 5.75 Å². The predicted molar refractivity (Wildman–Crippen MR) is 134 cm³/mol. The van der Waals surface area contributed by atoms with Gasteiger partial charge in [-0.25, -0.2) is 0 Å². The molecule has 0 unspecified atom stereocenters. The van der Waals surface area contributed by atoms with Gasteiger partial charge in [-0.05, 0) is 69.0 Å². The van der Waals surface area contributed by atoms with E-state index in [4.69, 9.17) is 16.3 Å². The highest BCUT2D eigenvalue weighted by Gasteiger charge is 2.12. The third kappa shape index (κ3) is 4.83. The van der Waals surface area contributed by atoms with Crippen LogP contribution in [0, 0.1) is 6.92 Å². The van der Waals surface area contributed by atoms with Crippen LogP contribution in [-0.4, -0.2) is 0 Å². The third-order valence-corrected chi connectivity index (χ3v) is 6.29. The lowest BCUT2D eigenvalue weighted by atomic mass is 10.1. The summed E-state index contributed by atoms with van der Waals surface area (Å²) in [5.74, 6) is 0.832. The highest BCUT2D eigenvalue weighted by molar-refractivity contribution is 9.11. The van der Waals surface area contributed by atoms with Crippen LogP contribution in [0.25, 0.3) is 10.8 Å². The zero-order valence-corrected chi connectivity index (χ0v) is 20.3. The second-order valence-electron chi connectivity index (χ2n) is 7.12. The maximum Gasteiger partial charge on any atom is 0.139 e. The van der Waals surface area contributed by atoms with Crippen molar-refractivity contribution in [1.29, 1.82) is 0 Å². The molecule has 0 aliphatic rings. The molecule has 0 atom stereocenters. The summed E-state index contributed by atoms with van der Waals surface area (Å²) in [5.41, 5.74) is 4.37. The Labute approximate surface area is 198 Å². The summed E-state index contributed by atoms with van der Waals surface area (Å²) in [4.78, 5) is 0. The van der Waals surface area contributed by atoms with Gasteiger partial charge in [-0.1, -0.05) is 76.1 Å². The average molecular weight is 546 g/mol. The van der Waals surface area contributed by atoms with Gasteiger partial charge in [0.1, 0.15) is 12.4 Å². The first-order valence-corrected chi connectivity index (χ1v) is 11.5. The molecule has 4 aromatic rings. The summed E-state index contributed by atoms with van der Waals surface area (Å²) in [6.45, 7) is 3.17. The predicted octanol–water partition coefficient (Wildman–Crippen LogP) is 8.52. The van der Waals surface area contributed by atoms with Crippen LogP contribution in [0.5, 0.6) is 5.75 Å². The molecule has 0 aliphatic carbocycles. The van der Waals surface area contributed by atoms with E-state index in [1.807, 2.05) is 24.3 Å². The number of benzene rings is 4. The SMILES string of the molecule is Cc1ccc(Cl)cc1NCc1cc(Br)cc(Br)c1OCc1cccc2ccccc12. The molecule has 0 saturated carbocycles. The number of hydrogen-bond acceptors (Lipinski definition) is 2. The fourth-order valence-electron chi connectivity index (χ4n) is 3.45. The van der Waals surface area contributed by atoms with Crippen molar-refractivity contribution in [2.24, 2.45) is 0 Å². The first kappa shape index (κ1) is 21.2. The van der Waals surface area contributed by atoms with Gasteiger partial charge in [-0.2, -0.15) is 0 Å². The maximum absolute atomic E-state index is 6.33. The number of rotatable bonds is 6. The fraction of sp³-hybridized carbons (Fsp3) is 0.120. The maximum atomic E-state index is 6.33. The van der Waals surface area contributed by atoms with E-state index in [-0.39, 0.29) is 0 Å². The summed E-state index contributed by atoms with van der Waals surface area (Å²) in [7, 11) is 0. The van der Waals surface area contributed by atoms with Gasteiger partial charge in [0, 0.05) is 27.3 Å². The van der Waals surface area contributed by atoms with Crippen LogP contribution < -0.4 is 10.1 Å². The van der Waals surface area contributed by atoms with Crippen LogP contribution in [0.2, 0.25) is 5.02 Å². The van der Waals surface area contributed by atoms with Gasteiger partial charge in [0.05, 0.1) is 4.47 Å². The summed E-state index contributed by atoms with van der Waals surface area (Å²) in [6, 6.07) is 24.6. The van der Waals surface area contributed by atoms with Crippen LogP contribution in [0.15, 0.2) is 81.7 Å². The molecule has 0 amide bonds. The highest BCUT2D eigenvalue weighted by atomic mass is 79.9. The Balaban J connectivity index is 1.59. The molecule has 0 saturated heterocycles. The van der Waals surface area contributed by atoms with Gasteiger partial charge in [0.15, 0.2) is 0 Å². The number of nitrogens with one attached hydrogen (secondary N) is 1. The molecule has 0 radical (unpaired) electrons. The summed E-state index contributed by atoms with van der Waals surface area (Å²) in [6.07, 6.45) is 0. The molecular weight excluding hydrogens is 526 g/mol. The van der Waals surface area contributed by atoms with E-state index in [0.717, 1.165) is 37.1 Å². The Morgan fingerprint density at radius 1 is 0.900 bits per heavy atom. The second-order valence-corrected chi connectivity index (χ2v) is 9.32. The van der Waals surface area contributed by atoms with E-state index < -0.39 is 0 Å². The zero-order valence-electron chi connectivity index (χ0n) is 16.4. The normalized spacial score (nSPS) is 10.9. The molecule has 0 heterocycles. The van der Waals surface area contributed by atoms with Crippen molar-refractivity contribution in [2.75, 3.05) is 5.32 Å². The van der Waals surface area contributed by atoms with Gasteiger partial charge in [0.25, 0.3) is 0 Å². The monoisotopic (exact) mass is 543 g/mol. The molecule has 4 aromatic carbocycles. The van der Waals surface area contributed by atoms with Gasteiger partial charge in [0.2, 0.25) is 0 Å². The van der Waals surface area contributed by atoms with Crippen molar-refractivity contribution >= 4 is 59.9 Å². The van der Waals surface area contributed by atoms with E-state index in [1.165, 1.54) is 10.8 Å². The first-order valence-electron chi connectivity index (χ1n) is 9.58. The standard InChI is InChI=1S/C25H20Br2ClNO/c1-16-9-10-21(28)13-24(16)29-14-19-11-20(26)12-23(27)25(19)30-15-18-7-4-6-17-5-2-3-8-22(17)18/h2-13,29H,14-15H2,1H3. The molecule has 0 aliphatic heterocycles. The van der Waals surface area contributed by atoms with Crippen LogP contribution in [0.3, 0.4) is 0 Å². The third-order valence-electron chi connectivity index (χ3n) is 5.01. The van der Waals surface area contributed by atoms with E-state index in [2.05, 4.69) is 92.6 Å². The molecule has 0 bridgehead atoms. The van der Waals surface area contributed by atoms with Crippen molar-refractivity contribution in [3.63, 3.8) is 0 Å². The van der Waals surface area contributed by atoms with Crippen LogP contribution in [0.4, 0.5) is 5.69 Å². The molecule has 30 heavy (non-hydrogen) atoms. The quantitative estimate of drug-likeness (QED) is 0.262. The van der Waals surface area contributed by atoms with E-state index in [0.29, 0.717) is 18.2 Å². The van der Waals surface area contributed by atoms with E-state index in [1.54, 1.807) is 0 Å². The number of halogens is 3. The summed E-state index contributed by atoms with van der Waals surface area (Å²) >= 11 is 13.4. The Hall–Kier alpha value is -2.01. The molecule has 2 nitrogen and oxygen atoms in total. The Morgan fingerprint density at radius 3 is 2.57 bits per heavy atom. The van der Waals surface area contributed by atoms with Crippen LogP contribution in [-0.2, 0) is 13.2 Å². The molecule has 0 fully saturated rings. The largest absolute Gasteiger partial charge is 0.487 e. The summed E-state index contributed by atoms with van der Waals surface area (Å²) < 4.78 is 8.23. The molecule has 152 valence electrons. The lowest BCUT2D eigenvalue weighted by Crippen LogP contribution is -2.06. The Morgan fingerprint density at radius 2 is 1.70 bits per heavy atom. The molecular formula is C25H20Br2ClNO. The smallest absolute Gasteiger partial charge is 0.139 e. The molecule has 5 heteroatoms. The van der Waals surface area contributed by atoms with Gasteiger partial charge < -0.3 is 10.1 Å². The zero-order chi connectivity index (χ0) is 21.1. The Kier molecular flexibility index (Phi) is 6.67. The molecule has 4 rings (SSSR count). The lowest BCUT2D eigenvalue weighted by molar-refractivity contribution is 0.302. The number of anilines is 1. The van der Waals surface area contributed by atoms with Gasteiger partial charge in [-0.3, -0.25) is 0 Å². The second kappa shape index (κ2) is 9.42. The topological polar surface area (TPSA) is 21.3 Å². The van der Waals surface area contributed by atoms with Crippen molar-refractivity contribution in [1.82, 2.24) is 0 Å². The fourth-order valence-corrected chi connectivity index (χ4v) is 5.05. The van der Waals surface area contributed by atoms with Gasteiger partial charge in [-0.15, -0.1) is 0 Å². The first-order chi connectivity index (χ1) is 14.5. The minimum absolute atomic E-state index is 0.491. The highest BCUT2D eigenvalue weighted by Crippen LogP contribution is 2.35. The molecule has 1 N–H and O–H groups in total. The van der Waals surface area contributed by atoms with Crippen LogP contribution in [0.1, 0.15) is 16.7 Å². The van der Waals surface area contributed by atoms with Crippen molar-refractivity contribution in [3.05, 3.63) is 103 Å². The number of fused-ring (bicyclic) bond motifs is 1. The summed E-state index contributed by atoms with van der Waals surface area (Å²) in [5, 5.41) is 6.63. The average Bonchev–Trinajstić information content (AvgIpc) is 2.73. The number of ether oxygens (including phenoxy) is 1. The lowest BCUT2D eigenvalue weighted by Gasteiger charge is -2.17. The number of hydrogen-bond donors (Lipinski definition) is 1. The molecule has 0 aromatic heterocycles. The van der Waals surface area contributed by atoms with Gasteiger partial charge >= 0.3 is 0 Å². The van der Waals surface area contributed by atoms with Crippen molar-refractivity contribution < 1.29 is 4.74 Å². The van der Waals surface area contributed by atoms with E-state index >= 15 is 0 Å². The minimum Gasteiger partial charge on any atom is -0.487 e. The van der Waals surface area contributed by atoms with E-state index in [9.17, 15) is 0 Å². The minimum atomic E-state index is 0.491. The van der Waals surface area contributed by atoms with Crippen LogP contribution >= 0.6 is 43.5 Å². The Bertz CT molecular complexity index is 1200. The molecule has 0 spiro atoms. The van der Waals surface area contributed by atoms with Crippen molar-refractivity contribution in [2.45, 2.75) is 20.1 Å². The number of aryl methyl sites for hydroxylation is 1.